The standard InChI is InChI=1S/C26H31NO4S/c1-14(2)18-13-19(16(4)12-20(18)31-5)23(28)21-22(25-15(3)10-11-32-25)27(26(30)24(21)29)17-8-6-7-9-17/h10-14,17,22,28H,6-9H2,1-5H3/b23-21+. The molecular weight excluding hydrogens is 422 g/mol. The van der Waals surface area contributed by atoms with Crippen LogP contribution >= 0.6 is 11.3 Å². The number of carbonyl (C=O) groups is 2. The number of ether oxygens (including phenoxy) is 1. The van der Waals surface area contributed by atoms with E-state index in [-0.39, 0.29) is 23.3 Å². The molecule has 0 radical (unpaired) electrons. The Hall–Kier alpha value is -2.60. The SMILES string of the molecule is COc1cc(C)c(/C(O)=C2\C(=O)C(=O)N(C3CCCC3)C2c2sccc2C)cc1C(C)C. The molecule has 170 valence electrons. The Balaban J connectivity index is 1.93. The lowest BCUT2D eigenvalue weighted by Gasteiger charge is -2.30. The first-order valence-corrected chi connectivity index (χ1v) is 12.2. The van der Waals surface area contributed by atoms with E-state index in [9.17, 15) is 14.7 Å². The van der Waals surface area contributed by atoms with Crippen LogP contribution in [0.3, 0.4) is 0 Å². The molecule has 2 heterocycles. The normalized spacial score (nSPS) is 21.2. The van der Waals surface area contributed by atoms with Crippen molar-refractivity contribution >= 4 is 28.8 Å². The third kappa shape index (κ3) is 3.64. The Morgan fingerprint density at radius 3 is 2.41 bits per heavy atom. The molecule has 6 heteroatoms. The van der Waals surface area contributed by atoms with E-state index in [0.29, 0.717) is 5.56 Å². The van der Waals surface area contributed by atoms with Gasteiger partial charge in [0.25, 0.3) is 11.7 Å². The van der Waals surface area contributed by atoms with Crippen LogP contribution in [0.5, 0.6) is 5.75 Å². The number of aliphatic hydroxyl groups is 1. The summed E-state index contributed by atoms with van der Waals surface area (Å²) < 4.78 is 5.54. The van der Waals surface area contributed by atoms with Crippen molar-refractivity contribution in [2.75, 3.05) is 7.11 Å². The van der Waals surface area contributed by atoms with Gasteiger partial charge in [0.1, 0.15) is 17.6 Å². The van der Waals surface area contributed by atoms with E-state index in [0.717, 1.165) is 53.0 Å². The topological polar surface area (TPSA) is 66.8 Å². The highest BCUT2D eigenvalue weighted by Crippen LogP contribution is 2.46. The number of ketones is 1. The zero-order valence-electron chi connectivity index (χ0n) is 19.4. The van der Waals surface area contributed by atoms with Crippen molar-refractivity contribution < 1.29 is 19.4 Å². The fraction of sp³-hybridized carbons (Fsp3) is 0.462. The maximum absolute atomic E-state index is 13.3. The third-order valence-corrected chi connectivity index (χ3v) is 7.87. The first kappa shape index (κ1) is 22.6. The van der Waals surface area contributed by atoms with Crippen LogP contribution in [0.1, 0.15) is 78.6 Å². The molecule has 2 fully saturated rings. The molecular formula is C26H31NO4S. The van der Waals surface area contributed by atoms with Gasteiger partial charge in [0, 0.05) is 16.5 Å². The minimum atomic E-state index is -0.589. The number of Topliss-reactive ketones (excluding diaryl/α,β-unsaturated/α-hetero) is 1. The molecule has 1 saturated heterocycles. The lowest BCUT2D eigenvalue weighted by Crippen LogP contribution is -2.37. The average molecular weight is 454 g/mol. The molecule has 1 atom stereocenters. The lowest BCUT2D eigenvalue weighted by molar-refractivity contribution is -0.141. The Bertz CT molecular complexity index is 1090. The number of hydrogen-bond acceptors (Lipinski definition) is 5. The van der Waals surface area contributed by atoms with Gasteiger partial charge in [-0.15, -0.1) is 11.3 Å². The van der Waals surface area contributed by atoms with Gasteiger partial charge in [0.15, 0.2) is 0 Å². The van der Waals surface area contributed by atoms with E-state index in [1.165, 1.54) is 11.3 Å². The molecule has 32 heavy (non-hydrogen) atoms. The van der Waals surface area contributed by atoms with E-state index in [2.05, 4.69) is 13.8 Å². The van der Waals surface area contributed by atoms with Crippen LogP contribution in [-0.2, 0) is 9.59 Å². The second-order valence-electron chi connectivity index (χ2n) is 9.18. The molecule has 1 amide bonds. The molecule has 5 nitrogen and oxygen atoms in total. The van der Waals surface area contributed by atoms with Gasteiger partial charge in [-0.05, 0) is 72.9 Å². The molecule has 4 rings (SSSR count). The number of benzene rings is 1. The summed E-state index contributed by atoms with van der Waals surface area (Å²) in [5, 5.41) is 13.5. The van der Waals surface area contributed by atoms with Gasteiger partial charge >= 0.3 is 0 Å². The Morgan fingerprint density at radius 1 is 1.16 bits per heavy atom. The number of aliphatic hydroxyl groups excluding tert-OH is 1. The van der Waals surface area contributed by atoms with Crippen LogP contribution in [0.15, 0.2) is 29.2 Å². The number of methoxy groups -OCH3 is 1. The number of amides is 1. The molecule has 1 unspecified atom stereocenters. The molecule has 1 aromatic heterocycles. The maximum Gasteiger partial charge on any atom is 0.295 e. The highest BCUT2D eigenvalue weighted by molar-refractivity contribution is 7.10. The van der Waals surface area contributed by atoms with Gasteiger partial charge in [-0.25, -0.2) is 0 Å². The number of rotatable bonds is 5. The van der Waals surface area contributed by atoms with Gasteiger partial charge in [-0.3, -0.25) is 9.59 Å². The van der Waals surface area contributed by atoms with Crippen molar-refractivity contribution in [2.24, 2.45) is 0 Å². The highest BCUT2D eigenvalue weighted by atomic mass is 32.1. The molecule has 0 bridgehead atoms. The number of carbonyl (C=O) groups excluding carboxylic acids is 2. The molecule has 0 spiro atoms. The summed E-state index contributed by atoms with van der Waals surface area (Å²) in [6.07, 6.45) is 3.90. The van der Waals surface area contributed by atoms with Crippen LogP contribution < -0.4 is 4.74 Å². The van der Waals surface area contributed by atoms with Gasteiger partial charge in [-0.2, -0.15) is 0 Å². The summed E-state index contributed by atoms with van der Waals surface area (Å²) in [7, 11) is 1.63. The van der Waals surface area contributed by atoms with E-state index in [1.807, 2.05) is 37.4 Å². The summed E-state index contributed by atoms with van der Waals surface area (Å²) in [6, 6.07) is 5.29. The monoisotopic (exact) mass is 453 g/mol. The molecule has 1 aliphatic carbocycles. The quantitative estimate of drug-likeness (QED) is 0.350. The minimum Gasteiger partial charge on any atom is -0.507 e. The fourth-order valence-electron chi connectivity index (χ4n) is 5.06. The summed E-state index contributed by atoms with van der Waals surface area (Å²) in [4.78, 5) is 29.3. The Labute approximate surface area is 193 Å². The number of aryl methyl sites for hydroxylation is 2. The predicted molar refractivity (Wildman–Crippen MR) is 127 cm³/mol. The van der Waals surface area contributed by atoms with Crippen molar-refractivity contribution in [1.82, 2.24) is 4.90 Å². The number of likely N-dealkylation sites (tertiary alicyclic amines) is 1. The first-order valence-electron chi connectivity index (χ1n) is 11.3. The number of hydrogen-bond donors (Lipinski definition) is 1. The highest BCUT2D eigenvalue weighted by Gasteiger charge is 2.50. The predicted octanol–water partition coefficient (Wildman–Crippen LogP) is 5.86. The summed E-state index contributed by atoms with van der Waals surface area (Å²) in [6.45, 7) is 8.01. The number of thiophene rings is 1. The van der Waals surface area contributed by atoms with E-state index < -0.39 is 17.7 Å². The van der Waals surface area contributed by atoms with Crippen LogP contribution in [0.25, 0.3) is 5.76 Å². The van der Waals surface area contributed by atoms with Crippen LogP contribution in [0.4, 0.5) is 0 Å². The zero-order valence-corrected chi connectivity index (χ0v) is 20.2. The minimum absolute atomic E-state index is 0.0337. The van der Waals surface area contributed by atoms with Gasteiger partial charge in [0.05, 0.1) is 12.7 Å². The van der Waals surface area contributed by atoms with Crippen molar-refractivity contribution in [3.8, 4) is 5.75 Å². The maximum atomic E-state index is 13.3. The molecule has 1 N–H and O–H groups in total. The Kier molecular flexibility index (Phi) is 6.17. The second-order valence-corrected chi connectivity index (χ2v) is 10.1. The van der Waals surface area contributed by atoms with Crippen LogP contribution in [-0.4, -0.2) is 34.8 Å². The Morgan fingerprint density at radius 2 is 1.84 bits per heavy atom. The number of nitrogens with zero attached hydrogens (tertiary/aromatic N) is 1. The van der Waals surface area contributed by atoms with Crippen LogP contribution in [0, 0.1) is 13.8 Å². The third-order valence-electron chi connectivity index (χ3n) is 6.80. The molecule has 1 aliphatic heterocycles. The zero-order chi connectivity index (χ0) is 23.2. The average Bonchev–Trinajstić information content (AvgIpc) is 3.48. The second kappa shape index (κ2) is 8.74. The van der Waals surface area contributed by atoms with Crippen molar-refractivity contribution in [1.29, 1.82) is 0 Å². The van der Waals surface area contributed by atoms with Crippen molar-refractivity contribution in [3.05, 3.63) is 56.3 Å². The van der Waals surface area contributed by atoms with E-state index in [4.69, 9.17) is 4.74 Å². The van der Waals surface area contributed by atoms with E-state index >= 15 is 0 Å². The van der Waals surface area contributed by atoms with Gasteiger partial charge in [-0.1, -0.05) is 26.7 Å². The summed E-state index contributed by atoms with van der Waals surface area (Å²) in [5.74, 6) is -0.247. The molecule has 1 saturated carbocycles. The smallest absolute Gasteiger partial charge is 0.295 e. The van der Waals surface area contributed by atoms with Crippen LogP contribution in [0.2, 0.25) is 0 Å². The summed E-state index contributed by atoms with van der Waals surface area (Å²) >= 11 is 1.54. The van der Waals surface area contributed by atoms with Gasteiger partial charge in [0.2, 0.25) is 0 Å². The van der Waals surface area contributed by atoms with Crippen molar-refractivity contribution in [3.63, 3.8) is 0 Å². The molecule has 2 aromatic rings. The first-order chi connectivity index (χ1) is 15.3. The van der Waals surface area contributed by atoms with Gasteiger partial charge < -0.3 is 14.7 Å². The molecule has 1 aromatic carbocycles. The lowest BCUT2D eigenvalue weighted by atomic mass is 9.92. The fourth-order valence-corrected chi connectivity index (χ4v) is 6.09. The summed E-state index contributed by atoms with van der Waals surface area (Å²) in [5.41, 5.74) is 3.57. The van der Waals surface area contributed by atoms with Crippen molar-refractivity contribution in [2.45, 2.75) is 71.4 Å². The molecule has 2 aliphatic rings. The van der Waals surface area contributed by atoms with E-state index in [1.54, 1.807) is 12.0 Å². The largest absolute Gasteiger partial charge is 0.507 e.